The number of carboxylic acids is 1. The topological polar surface area (TPSA) is 117 Å². The number of anilines is 1. The van der Waals surface area contributed by atoms with Crippen molar-refractivity contribution in [3.63, 3.8) is 0 Å². The van der Waals surface area contributed by atoms with Gasteiger partial charge in [-0.15, -0.1) is 0 Å². The lowest BCUT2D eigenvalue weighted by Gasteiger charge is -2.09. The van der Waals surface area contributed by atoms with Crippen LogP contribution >= 0.6 is 0 Å². The third kappa shape index (κ3) is 5.98. The van der Waals surface area contributed by atoms with Crippen LogP contribution in [-0.4, -0.2) is 29.7 Å². The summed E-state index contributed by atoms with van der Waals surface area (Å²) < 4.78 is 0. The summed E-state index contributed by atoms with van der Waals surface area (Å²) >= 11 is 0. The number of hydrogen-bond donors (Lipinski definition) is 4. The van der Waals surface area contributed by atoms with Gasteiger partial charge in [0.25, 0.3) is 5.91 Å². The van der Waals surface area contributed by atoms with Crippen molar-refractivity contribution in [2.45, 2.75) is 13.0 Å². The van der Waals surface area contributed by atoms with Gasteiger partial charge in [0.15, 0.2) is 0 Å². The summed E-state index contributed by atoms with van der Waals surface area (Å²) in [5, 5.41) is 17.9. The van der Waals surface area contributed by atoms with Crippen LogP contribution in [0.15, 0.2) is 53.6 Å². The van der Waals surface area contributed by atoms with Crippen LogP contribution in [0.25, 0.3) is 0 Å². The Morgan fingerprint density at radius 1 is 1.16 bits per heavy atom. The van der Waals surface area contributed by atoms with Gasteiger partial charge in [0.2, 0.25) is 0 Å². The molecule has 0 heterocycles. The molecule has 0 aliphatic heterocycles. The zero-order valence-electron chi connectivity index (χ0n) is 13.6. The molecule has 0 unspecified atom stereocenters. The minimum absolute atomic E-state index is 0.101. The Balaban J connectivity index is 1.92. The molecule has 0 fully saturated rings. The normalized spacial score (nSPS) is 10.6. The molecule has 0 spiro atoms. The number of hydrazone groups is 1. The smallest absolute Gasteiger partial charge is 0.305 e. The van der Waals surface area contributed by atoms with E-state index in [1.54, 1.807) is 24.4 Å². The van der Waals surface area contributed by atoms with Gasteiger partial charge in [-0.05, 0) is 29.3 Å². The average molecular weight is 340 g/mol. The van der Waals surface area contributed by atoms with E-state index in [-0.39, 0.29) is 18.9 Å². The van der Waals surface area contributed by atoms with Gasteiger partial charge < -0.3 is 21.6 Å². The molecule has 5 N–H and O–H groups in total. The van der Waals surface area contributed by atoms with E-state index in [2.05, 4.69) is 15.7 Å². The molecular weight excluding hydrogens is 320 g/mol. The minimum Gasteiger partial charge on any atom is -0.481 e. The third-order valence-electron chi connectivity index (χ3n) is 3.45. The second-order valence-corrected chi connectivity index (χ2v) is 5.35. The molecule has 0 aliphatic carbocycles. The summed E-state index contributed by atoms with van der Waals surface area (Å²) in [6.45, 7) is 0.703. The van der Waals surface area contributed by atoms with E-state index >= 15 is 0 Å². The number of nitrogens with zero attached hydrogens (tertiary/aromatic N) is 1. The van der Waals surface area contributed by atoms with Crippen LogP contribution in [0.5, 0.6) is 0 Å². The van der Waals surface area contributed by atoms with E-state index in [0.717, 1.165) is 16.8 Å². The van der Waals surface area contributed by atoms with Crippen LogP contribution in [0.2, 0.25) is 0 Å². The lowest BCUT2D eigenvalue weighted by atomic mass is 10.1. The fourth-order valence-electron chi connectivity index (χ4n) is 2.17. The highest BCUT2D eigenvalue weighted by Crippen LogP contribution is 2.13. The fraction of sp³-hybridized carbons (Fsp3) is 0.167. The Kier molecular flexibility index (Phi) is 6.53. The first kappa shape index (κ1) is 18.0. The van der Waals surface area contributed by atoms with E-state index in [1.807, 2.05) is 30.3 Å². The quantitative estimate of drug-likeness (QED) is 0.332. The lowest BCUT2D eigenvalue weighted by Crippen LogP contribution is -2.26. The zero-order chi connectivity index (χ0) is 18.1. The molecule has 1 amide bonds. The van der Waals surface area contributed by atoms with Gasteiger partial charge in [0.1, 0.15) is 0 Å². The number of carboxylic acid groups (broad SMARTS) is 1. The highest BCUT2D eigenvalue weighted by molar-refractivity contribution is 5.95. The summed E-state index contributed by atoms with van der Waals surface area (Å²) in [5.74, 6) is 3.87. The minimum atomic E-state index is -0.945. The highest BCUT2D eigenvalue weighted by atomic mass is 16.4. The maximum Gasteiger partial charge on any atom is 0.305 e. The van der Waals surface area contributed by atoms with Gasteiger partial charge in [0.05, 0.1) is 12.6 Å². The van der Waals surface area contributed by atoms with Gasteiger partial charge in [-0.1, -0.05) is 30.3 Å². The Hall–Kier alpha value is -3.35. The molecule has 0 bridgehead atoms. The molecule has 0 saturated carbocycles. The van der Waals surface area contributed by atoms with Gasteiger partial charge in [-0.25, -0.2) is 0 Å². The first-order valence-electron chi connectivity index (χ1n) is 7.74. The molecule has 25 heavy (non-hydrogen) atoms. The Bertz CT molecular complexity index is 757. The monoisotopic (exact) mass is 340 g/mol. The van der Waals surface area contributed by atoms with Crippen molar-refractivity contribution in [1.82, 2.24) is 5.32 Å². The number of hydrogen-bond acceptors (Lipinski definition) is 5. The summed E-state index contributed by atoms with van der Waals surface area (Å²) in [5.41, 5.74) is 3.28. The molecule has 0 atom stereocenters. The van der Waals surface area contributed by atoms with Crippen molar-refractivity contribution in [1.29, 1.82) is 0 Å². The molecule has 130 valence electrons. The van der Waals surface area contributed by atoms with E-state index in [4.69, 9.17) is 10.9 Å². The molecular formula is C18H20N4O3. The number of amides is 1. The number of nitrogens with one attached hydrogen (secondary N) is 2. The molecule has 7 nitrogen and oxygen atoms in total. The summed E-state index contributed by atoms with van der Waals surface area (Å²) in [4.78, 5) is 22.5. The van der Waals surface area contributed by atoms with Crippen molar-refractivity contribution in [2.75, 3.05) is 11.9 Å². The first-order valence-corrected chi connectivity index (χ1v) is 7.74. The predicted octanol–water partition coefficient (Wildman–Crippen LogP) is 1.80. The number of aliphatic carboxylic acids is 1. The van der Waals surface area contributed by atoms with E-state index in [9.17, 15) is 9.59 Å². The molecule has 0 aromatic heterocycles. The second-order valence-electron chi connectivity index (χ2n) is 5.35. The van der Waals surface area contributed by atoms with Crippen molar-refractivity contribution in [3.05, 3.63) is 65.2 Å². The second kappa shape index (κ2) is 9.07. The Morgan fingerprint density at radius 2 is 1.92 bits per heavy atom. The van der Waals surface area contributed by atoms with Gasteiger partial charge in [-0.3, -0.25) is 9.59 Å². The molecule has 2 aromatic carbocycles. The zero-order valence-corrected chi connectivity index (χ0v) is 13.6. The van der Waals surface area contributed by atoms with Crippen LogP contribution in [0, 0.1) is 0 Å². The summed E-state index contributed by atoms with van der Waals surface area (Å²) in [6, 6.07) is 14.8. The van der Waals surface area contributed by atoms with Crippen LogP contribution in [0.4, 0.5) is 5.69 Å². The number of carbonyl (C=O) groups excluding carboxylic acids is 1. The van der Waals surface area contributed by atoms with Crippen LogP contribution in [-0.2, 0) is 11.3 Å². The van der Waals surface area contributed by atoms with Crippen LogP contribution in [0.1, 0.15) is 27.9 Å². The lowest BCUT2D eigenvalue weighted by molar-refractivity contribution is -0.136. The molecule has 2 rings (SSSR count). The number of rotatable bonds is 8. The molecule has 7 heteroatoms. The van der Waals surface area contributed by atoms with Gasteiger partial charge in [0, 0.05) is 24.3 Å². The largest absolute Gasteiger partial charge is 0.481 e. The molecule has 2 aromatic rings. The molecule has 0 radical (unpaired) electrons. The van der Waals surface area contributed by atoms with Crippen LogP contribution in [0.3, 0.4) is 0 Å². The number of benzene rings is 2. The molecule has 0 saturated heterocycles. The maximum atomic E-state index is 12.0. The first-order chi connectivity index (χ1) is 12.1. The summed E-state index contributed by atoms with van der Waals surface area (Å²) in [6.07, 6.45) is 1.47. The standard InChI is InChI=1S/C18H20N4O3/c19-22-12-14-6-4-13(5-7-14)11-21-16-3-1-2-15(10-16)18(25)20-9-8-17(23)24/h1-7,10,12,21H,8-9,11,19H2,(H,20,25)(H,23,24). The number of carbonyl (C=O) groups is 2. The van der Waals surface area contributed by atoms with Crippen LogP contribution < -0.4 is 16.5 Å². The van der Waals surface area contributed by atoms with Crippen molar-refractivity contribution >= 4 is 23.8 Å². The Morgan fingerprint density at radius 3 is 2.60 bits per heavy atom. The maximum absolute atomic E-state index is 12.0. The summed E-state index contributed by atoms with van der Waals surface area (Å²) in [7, 11) is 0. The van der Waals surface area contributed by atoms with E-state index in [1.165, 1.54) is 0 Å². The van der Waals surface area contributed by atoms with E-state index < -0.39 is 5.97 Å². The Labute approximate surface area is 145 Å². The highest BCUT2D eigenvalue weighted by Gasteiger charge is 2.06. The van der Waals surface area contributed by atoms with Crippen molar-refractivity contribution in [2.24, 2.45) is 10.9 Å². The van der Waals surface area contributed by atoms with Crippen molar-refractivity contribution in [3.8, 4) is 0 Å². The van der Waals surface area contributed by atoms with Gasteiger partial charge >= 0.3 is 5.97 Å². The van der Waals surface area contributed by atoms with E-state index in [0.29, 0.717) is 12.1 Å². The SMILES string of the molecule is NN=Cc1ccc(CNc2cccc(C(=O)NCCC(=O)O)c2)cc1. The van der Waals surface area contributed by atoms with Crippen molar-refractivity contribution < 1.29 is 14.7 Å². The third-order valence-corrected chi connectivity index (χ3v) is 3.45. The predicted molar refractivity (Wildman–Crippen MR) is 96.6 cm³/mol. The van der Waals surface area contributed by atoms with Gasteiger partial charge in [-0.2, -0.15) is 5.10 Å². The fourth-order valence-corrected chi connectivity index (χ4v) is 2.17. The number of nitrogens with two attached hydrogens (primary N) is 1. The average Bonchev–Trinajstić information content (AvgIpc) is 2.61. The molecule has 0 aliphatic rings.